The number of halogens is 2. The van der Waals surface area contributed by atoms with Crippen LogP contribution in [0, 0.1) is 11.7 Å². The summed E-state index contributed by atoms with van der Waals surface area (Å²) in [6, 6.07) is 6.88. The minimum absolute atomic E-state index is 0. The summed E-state index contributed by atoms with van der Waals surface area (Å²) in [7, 11) is 0. The Bertz CT molecular complexity index is 787. The molecule has 4 nitrogen and oxygen atoms in total. The van der Waals surface area contributed by atoms with E-state index in [4.69, 9.17) is 0 Å². The van der Waals surface area contributed by atoms with Crippen molar-refractivity contribution < 1.29 is 9.18 Å². The van der Waals surface area contributed by atoms with E-state index in [2.05, 4.69) is 15.6 Å². The second kappa shape index (κ2) is 9.13. The molecule has 0 radical (unpaired) electrons. The van der Waals surface area contributed by atoms with Crippen molar-refractivity contribution in [1.82, 2.24) is 10.3 Å². The number of benzene rings is 1. The molecule has 0 bridgehead atoms. The van der Waals surface area contributed by atoms with Crippen molar-refractivity contribution in [2.75, 3.05) is 18.4 Å². The summed E-state index contributed by atoms with van der Waals surface area (Å²) < 4.78 is 14.0. The highest BCUT2D eigenvalue weighted by atomic mass is 35.5. The van der Waals surface area contributed by atoms with Crippen LogP contribution in [0.25, 0.3) is 0 Å². The maximum absolute atomic E-state index is 14.0. The molecule has 7 heteroatoms. The minimum Gasteiger partial charge on any atom is -0.316 e. The van der Waals surface area contributed by atoms with Gasteiger partial charge < -0.3 is 10.6 Å². The summed E-state index contributed by atoms with van der Waals surface area (Å²) in [6.07, 6.45) is 5.42. The first-order valence-electron chi connectivity index (χ1n) is 9.42. The Morgan fingerprint density at radius 2 is 2.11 bits per heavy atom. The molecular formula is C20H25ClFN3OS. The third-order valence-electron chi connectivity index (χ3n) is 5.19. The molecule has 1 unspecified atom stereocenters. The molecule has 2 aliphatic rings. The smallest absolute Gasteiger partial charge is 0.226 e. The molecular weight excluding hydrogens is 385 g/mol. The van der Waals surface area contributed by atoms with Crippen LogP contribution in [0.3, 0.4) is 0 Å². The van der Waals surface area contributed by atoms with Crippen LogP contribution >= 0.6 is 23.7 Å². The van der Waals surface area contributed by atoms with E-state index in [9.17, 15) is 9.18 Å². The third kappa shape index (κ3) is 5.27. The van der Waals surface area contributed by atoms with Gasteiger partial charge >= 0.3 is 0 Å². The summed E-state index contributed by atoms with van der Waals surface area (Å²) in [4.78, 5) is 18.0. The second-order valence-electron chi connectivity index (χ2n) is 7.32. The summed E-state index contributed by atoms with van der Waals surface area (Å²) in [6.45, 7) is 2.08. The van der Waals surface area contributed by atoms with Gasteiger partial charge in [-0.25, -0.2) is 9.37 Å². The van der Waals surface area contributed by atoms with Gasteiger partial charge in [0.05, 0.1) is 5.69 Å². The van der Waals surface area contributed by atoms with Crippen LogP contribution in [0.4, 0.5) is 9.52 Å². The summed E-state index contributed by atoms with van der Waals surface area (Å²) in [5.41, 5.74) is 1.73. The Balaban J connectivity index is 0.00000210. The van der Waals surface area contributed by atoms with Crippen molar-refractivity contribution in [3.8, 4) is 0 Å². The Kier molecular flexibility index (Phi) is 6.84. The van der Waals surface area contributed by atoms with Gasteiger partial charge in [0.15, 0.2) is 5.13 Å². The number of nitrogens with one attached hydrogen (secondary N) is 2. The van der Waals surface area contributed by atoms with Crippen molar-refractivity contribution in [2.45, 2.75) is 44.4 Å². The van der Waals surface area contributed by atoms with Gasteiger partial charge in [0.25, 0.3) is 0 Å². The number of aromatic nitrogens is 1. The van der Waals surface area contributed by atoms with Gasteiger partial charge in [-0.15, -0.1) is 23.7 Å². The van der Waals surface area contributed by atoms with Gasteiger partial charge in [0.2, 0.25) is 5.91 Å². The summed E-state index contributed by atoms with van der Waals surface area (Å²) in [5.74, 6) is 0.933. The number of carbonyl (C=O) groups excluding carboxylic acids is 1. The normalized spacial score (nSPS) is 18.9. The van der Waals surface area contributed by atoms with Gasteiger partial charge in [-0.2, -0.15) is 0 Å². The highest BCUT2D eigenvalue weighted by Gasteiger charge is 2.30. The molecule has 146 valence electrons. The molecule has 1 aromatic carbocycles. The van der Waals surface area contributed by atoms with Crippen LogP contribution in [0.1, 0.15) is 54.2 Å². The Labute approximate surface area is 169 Å². The average Bonchev–Trinajstić information content (AvgIpc) is 3.19. The molecule has 27 heavy (non-hydrogen) atoms. The van der Waals surface area contributed by atoms with Crippen LogP contribution in [-0.4, -0.2) is 24.0 Å². The first kappa shape index (κ1) is 20.2. The molecule has 2 heterocycles. The van der Waals surface area contributed by atoms with E-state index < -0.39 is 0 Å². The molecule has 1 aromatic heterocycles. The van der Waals surface area contributed by atoms with Crippen LogP contribution in [0.2, 0.25) is 0 Å². The monoisotopic (exact) mass is 409 g/mol. The first-order valence-corrected chi connectivity index (χ1v) is 10.2. The molecule has 2 aromatic rings. The molecule has 2 N–H and O–H groups in total. The summed E-state index contributed by atoms with van der Waals surface area (Å²) >= 11 is 1.50. The van der Waals surface area contributed by atoms with E-state index in [0.717, 1.165) is 49.3 Å². The predicted molar refractivity (Wildman–Crippen MR) is 109 cm³/mol. The minimum atomic E-state index is -0.182. The van der Waals surface area contributed by atoms with Gasteiger partial charge in [-0.3, -0.25) is 4.79 Å². The van der Waals surface area contributed by atoms with Gasteiger partial charge in [0.1, 0.15) is 5.82 Å². The second-order valence-corrected chi connectivity index (χ2v) is 8.40. The van der Waals surface area contributed by atoms with E-state index in [1.54, 1.807) is 6.07 Å². The quantitative estimate of drug-likeness (QED) is 0.707. The molecule has 1 aliphatic heterocycles. The van der Waals surface area contributed by atoms with Crippen LogP contribution in [0.5, 0.6) is 0 Å². The van der Waals surface area contributed by atoms with Gasteiger partial charge in [-0.05, 0) is 56.3 Å². The number of anilines is 1. The molecule has 1 saturated heterocycles. The maximum atomic E-state index is 14.0. The van der Waals surface area contributed by atoms with Crippen molar-refractivity contribution in [3.05, 3.63) is 46.2 Å². The van der Waals surface area contributed by atoms with Crippen LogP contribution in [0.15, 0.2) is 24.3 Å². The number of thiazole rings is 1. The SMILES string of the molecule is Cl.O=C(CCC1CCNC1)Nc1nc(C2CC2)c(Cc2ccccc2F)s1. The fraction of sp³-hybridized carbons (Fsp3) is 0.500. The number of nitrogens with zero attached hydrogens (tertiary/aromatic N) is 1. The Morgan fingerprint density at radius 1 is 1.30 bits per heavy atom. The number of amides is 1. The number of hydrogen-bond donors (Lipinski definition) is 2. The van der Waals surface area contributed by atoms with Crippen LogP contribution < -0.4 is 10.6 Å². The Hall–Kier alpha value is -1.50. The lowest BCUT2D eigenvalue weighted by Crippen LogP contribution is -2.14. The first-order chi connectivity index (χ1) is 12.7. The molecule has 1 amide bonds. The molecule has 4 rings (SSSR count). The average molecular weight is 410 g/mol. The highest BCUT2D eigenvalue weighted by Crippen LogP contribution is 2.44. The highest BCUT2D eigenvalue weighted by molar-refractivity contribution is 7.15. The third-order valence-corrected chi connectivity index (χ3v) is 6.18. The van der Waals surface area contributed by atoms with Crippen molar-refractivity contribution >= 4 is 34.8 Å². The van der Waals surface area contributed by atoms with Gasteiger partial charge in [0, 0.05) is 23.6 Å². The lowest BCUT2D eigenvalue weighted by Gasteiger charge is -2.07. The largest absolute Gasteiger partial charge is 0.316 e. The van der Waals surface area contributed by atoms with E-state index in [1.165, 1.54) is 17.4 Å². The van der Waals surface area contributed by atoms with Crippen molar-refractivity contribution in [2.24, 2.45) is 5.92 Å². The van der Waals surface area contributed by atoms with Crippen molar-refractivity contribution in [3.63, 3.8) is 0 Å². The number of carbonyl (C=O) groups is 1. The van der Waals surface area contributed by atoms with Crippen molar-refractivity contribution in [1.29, 1.82) is 0 Å². The Morgan fingerprint density at radius 3 is 2.81 bits per heavy atom. The fourth-order valence-corrected chi connectivity index (χ4v) is 4.60. The lowest BCUT2D eigenvalue weighted by atomic mass is 10.0. The summed E-state index contributed by atoms with van der Waals surface area (Å²) in [5, 5.41) is 6.96. The fourth-order valence-electron chi connectivity index (χ4n) is 3.51. The number of hydrogen-bond acceptors (Lipinski definition) is 4. The van der Waals surface area contributed by atoms with Gasteiger partial charge in [-0.1, -0.05) is 18.2 Å². The van der Waals surface area contributed by atoms with E-state index >= 15 is 0 Å². The zero-order chi connectivity index (χ0) is 17.9. The number of rotatable bonds is 7. The zero-order valence-electron chi connectivity index (χ0n) is 15.2. The van der Waals surface area contributed by atoms with E-state index in [1.807, 2.05) is 12.1 Å². The standard InChI is InChI=1S/C20H24FN3OS.ClH/c21-16-4-2-1-3-15(16)11-17-19(14-6-7-14)24-20(26-17)23-18(25)8-5-13-9-10-22-12-13;/h1-4,13-14,22H,5-12H2,(H,23,24,25);1H. The topological polar surface area (TPSA) is 54.0 Å². The van der Waals surface area contributed by atoms with Crippen LogP contribution in [-0.2, 0) is 11.2 Å². The van der Waals surface area contributed by atoms with E-state index in [-0.39, 0.29) is 24.1 Å². The molecule has 1 aliphatic carbocycles. The molecule has 0 spiro atoms. The van der Waals surface area contributed by atoms with E-state index in [0.29, 0.717) is 35.4 Å². The molecule has 1 atom stereocenters. The maximum Gasteiger partial charge on any atom is 0.226 e. The lowest BCUT2D eigenvalue weighted by molar-refractivity contribution is -0.116. The molecule has 2 fully saturated rings. The molecule has 1 saturated carbocycles. The zero-order valence-corrected chi connectivity index (χ0v) is 16.8. The predicted octanol–water partition coefficient (Wildman–Crippen LogP) is 4.50.